The van der Waals surface area contributed by atoms with Crippen LogP contribution in [0.15, 0.2) is 24.3 Å². The van der Waals surface area contributed by atoms with Crippen molar-refractivity contribution in [2.24, 2.45) is 0 Å². The van der Waals surface area contributed by atoms with Crippen molar-refractivity contribution in [3.05, 3.63) is 29.8 Å². The summed E-state index contributed by atoms with van der Waals surface area (Å²) < 4.78 is 11.2. The molecule has 2 rings (SSSR count). The second kappa shape index (κ2) is 7.78. The first-order valence-corrected chi connectivity index (χ1v) is 7.89. The molecule has 1 saturated heterocycles. The number of likely N-dealkylation sites (N-methyl/N-ethyl adjacent to an activating group) is 1. The van der Waals surface area contributed by atoms with Crippen LogP contribution in [0.5, 0.6) is 5.75 Å². The van der Waals surface area contributed by atoms with Crippen LogP contribution in [0.3, 0.4) is 0 Å². The van der Waals surface area contributed by atoms with E-state index in [1.54, 1.807) is 0 Å². The van der Waals surface area contributed by atoms with Crippen LogP contribution in [0, 0.1) is 0 Å². The van der Waals surface area contributed by atoms with E-state index in [-0.39, 0.29) is 0 Å². The zero-order valence-corrected chi connectivity index (χ0v) is 13.6. The normalized spacial score (nSPS) is 24.8. The fourth-order valence-electron chi connectivity index (χ4n) is 2.79. The predicted molar refractivity (Wildman–Crippen MR) is 85.9 cm³/mol. The maximum Gasteiger partial charge on any atom is 0.119 e. The van der Waals surface area contributed by atoms with Crippen molar-refractivity contribution in [3.63, 3.8) is 0 Å². The summed E-state index contributed by atoms with van der Waals surface area (Å²) in [6, 6.07) is 9.21. The molecule has 0 radical (unpaired) electrons. The summed E-state index contributed by atoms with van der Waals surface area (Å²) in [5.74, 6) is 0.935. The molecule has 21 heavy (non-hydrogen) atoms. The van der Waals surface area contributed by atoms with Gasteiger partial charge in [-0.05, 0) is 45.5 Å². The summed E-state index contributed by atoms with van der Waals surface area (Å²) >= 11 is 0. The van der Waals surface area contributed by atoms with E-state index in [0.29, 0.717) is 24.8 Å². The number of hydrogen-bond donors (Lipinski definition) is 1. The summed E-state index contributed by atoms with van der Waals surface area (Å²) in [6.45, 7) is 9.90. The van der Waals surface area contributed by atoms with Gasteiger partial charge in [0.2, 0.25) is 0 Å². The van der Waals surface area contributed by atoms with Gasteiger partial charge in [0.05, 0.1) is 19.3 Å². The molecule has 4 heteroatoms. The van der Waals surface area contributed by atoms with Crippen molar-refractivity contribution < 1.29 is 9.47 Å². The van der Waals surface area contributed by atoms with Gasteiger partial charge in [0.1, 0.15) is 5.75 Å². The Kier molecular flexibility index (Phi) is 6.03. The van der Waals surface area contributed by atoms with E-state index < -0.39 is 0 Å². The summed E-state index contributed by atoms with van der Waals surface area (Å²) in [6.07, 6.45) is 0.319. The minimum absolute atomic E-state index is 0.319. The number of rotatable bonds is 6. The molecule has 0 spiro atoms. The van der Waals surface area contributed by atoms with Gasteiger partial charge in [0.25, 0.3) is 0 Å². The minimum Gasteiger partial charge on any atom is -0.494 e. The van der Waals surface area contributed by atoms with E-state index in [9.17, 15) is 0 Å². The highest BCUT2D eigenvalue weighted by molar-refractivity contribution is 5.29. The van der Waals surface area contributed by atoms with Crippen molar-refractivity contribution >= 4 is 0 Å². The first-order chi connectivity index (χ1) is 10.1. The topological polar surface area (TPSA) is 33.7 Å². The number of ether oxygens (including phenoxy) is 2. The van der Waals surface area contributed by atoms with Crippen LogP contribution in [0.2, 0.25) is 0 Å². The van der Waals surface area contributed by atoms with Gasteiger partial charge < -0.3 is 14.8 Å². The largest absolute Gasteiger partial charge is 0.494 e. The van der Waals surface area contributed by atoms with E-state index >= 15 is 0 Å². The van der Waals surface area contributed by atoms with E-state index in [1.165, 1.54) is 5.56 Å². The van der Waals surface area contributed by atoms with Crippen LogP contribution in [0.25, 0.3) is 0 Å². The number of hydrogen-bond acceptors (Lipinski definition) is 4. The van der Waals surface area contributed by atoms with Crippen molar-refractivity contribution in [2.75, 3.05) is 33.4 Å². The number of benzene rings is 1. The molecule has 0 aliphatic carbocycles. The second-order valence-corrected chi connectivity index (χ2v) is 5.79. The summed E-state index contributed by atoms with van der Waals surface area (Å²) in [5.41, 5.74) is 1.30. The third-order valence-electron chi connectivity index (χ3n) is 4.10. The Morgan fingerprint density at radius 3 is 2.67 bits per heavy atom. The molecule has 1 N–H and O–H groups in total. The standard InChI is InChI=1S/C17H28N2O2/c1-5-20-16-8-6-15(7-9-16)17(18-4)11-19-10-14(3)21-12-13(19)2/h6-9,13-14,17-18H,5,10-12H2,1-4H3. The van der Waals surface area contributed by atoms with Gasteiger partial charge in [-0.2, -0.15) is 0 Å². The van der Waals surface area contributed by atoms with Gasteiger partial charge in [-0.25, -0.2) is 0 Å². The Balaban J connectivity index is 2.01. The van der Waals surface area contributed by atoms with Gasteiger partial charge in [0.15, 0.2) is 0 Å². The van der Waals surface area contributed by atoms with Gasteiger partial charge in [0, 0.05) is 25.2 Å². The van der Waals surface area contributed by atoms with E-state index in [0.717, 1.165) is 25.4 Å². The lowest BCUT2D eigenvalue weighted by atomic mass is 10.0. The molecule has 1 heterocycles. The van der Waals surface area contributed by atoms with Crippen molar-refractivity contribution in [2.45, 2.75) is 39.0 Å². The highest BCUT2D eigenvalue weighted by Gasteiger charge is 2.25. The Morgan fingerprint density at radius 1 is 1.33 bits per heavy atom. The van der Waals surface area contributed by atoms with E-state index in [1.807, 2.05) is 14.0 Å². The van der Waals surface area contributed by atoms with Crippen LogP contribution in [0.4, 0.5) is 0 Å². The quantitative estimate of drug-likeness (QED) is 0.873. The van der Waals surface area contributed by atoms with Crippen LogP contribution in [-0.4, -0.2) is 50.4 Å². The van der Waals surface area contributed by atoms with Crippen LogP contribution < -0.4 is 10.1 Å². The van der Waals surface area contributed by atoms with Gasteiger partial charge in [-0.1, -0.05) is 12.1 Å². The average molecular weight is 292 g/mol. The zero-order valence-electron chi connectivity index (χ0n) is 13.6. The smallest absolute Gasteiger partial charge is 0.119 e. The highest BCUT2D eigenvalue weighted by atomic mass is 16.5. The molecule has 118 valence electrons. The Hall–Kier alpha value is -1.10. The molecule has 1 aliphatic heterocycles. The molecule has 0 saturated carbocycles. The Labute approximate surface area is 128 Å². The predicted octanol–water partition coefficient (Wildman–Crippen LogP) is 2.46. The number of nitrogens with zero attached hydrogens (tertiary/aromatic N) is 1. The van der Waals surface area contributed by atoms with Gasteiger partial charge in [-0.3, -0.25) is 4.90 Å². The Morgan fingerprint density at radius 2 is 2.05 bits per heavy atom. The first-order valence-electron chi connectivity index (χ1n) is 7.89. The summed E-state index contributed by atoms with van der Waals surface area (Å²) in [5, 5.41) is 3.43. The van der Waals surface area contributed by atoms with E-state index in [4.69, 9.17) is 9.47 Å². The number of morpholine rings is 1. The number of nitrogens with one attached hydrogen (secondary N) is 1. The molecule has 3 atom stereocenters. The van der Waals surface area contributed by atoms with Gasteiger partial charge >= 0.3 is 0 Å². The minimum atomic E-state index is 0.319. The monoisotopic (exact) mass is 292 g/mol. The molecule has 1 aliphatic rings. The third kappa shape index (κ3) is 4.43. The van der Waals surface area contributed by atoms with Crippen LogP contribution in [-0.2, 0) is 4.74 Å². The molecule has 0 bridgehead atoms. The molecule has 1 aromatic rings. The van der Waals surface area contributed by atoms with Crippen LogP contribution >= 0.6 is 0 Å². The molecule has 4 nitrogen and oxygen atoms in total. The Bertz CT molecular complexity index is 421. The molecular formula is C17H28N2O2. The lowest BCUT2D eigenvalue weighted by Gasteiger charge is -2.38. The van der Waals surface area contributed by atoms with Crippen molar-refractivity contribution in [3.8, 4) is 5.75 Å². The molecule has 0 aromatic heterocycles. The fourth-order valence-corrected chi connectivity index (χ4v) is 2.79. The fraction of sp³-hybridized carbons (Fsp3) is 0.647. The maximum absolute atomic E-state index is 5.71. The second-order valence-electron chi connectivity index (χ2n) is 5.79. The van der Waals surface area contributed by atoms with Crippen LogP contribution in [0.1, 0.15) is 32.4 Å². The van der Waals surface area contributed by atoms with Crippen molar-refractivity contribution in [1.29, 1.82) is 0 Å². The summed E-state index contributed by atoms with van der Waals surface area (Å²) in [7, 11) is 2.02. The highest BCUT2D eigenvalue weighted by Crippen LogP contribution is 2.21. The lowest BCUT2D eigenvalue weighted by Crippen LogP contribution is -2.49. The SMILES string of the molecule is CCOc1ccc(C(CN2CC(C)OCC2C)NC)cc1. The summed E-state index contributed by atoms with van der Waals surface area (Å²) in [4.78, 5) is 2.51. The van der Waals surface area contributed by atoms with Crippen molar-refractivity contribution in [1.82, 2.24) is 10.2 Å². The molecule has 0 amide bonds. The zero-order chi connectivity index (χ0) is 15.2. The maximum atomic E-state index is 5.71. The molecular weight excluding hydrogens is 264 g/mol. The lowest BCUT2D eigenvalue weighted by molar-refractivity contribution is -0.0519. The average Bonchev–Trinajstić information content (AvgIpc) is 2.49. The molecule has 1 fully saturated rings. The van der Waals surface area contributed by atoms with E-state index in [2.05, 4.69) is 48.3 Å². The van der Waals surface area contributed by atoms with Gasteiger partial charge in [-0.15, -0.1) is 0 Å². The third-order valence-corrected chi connectivity index (χ3v) is 4.10. The first kappa shape index (κ1) is 16.3. The molecule has 3 unspecified atom stereocenters. The molecule has 1 aromatic carbocycles.